The fourth-order valence-corrected chi connectivity index (χ4v) is 2.67. The number of aryl methyl sites for hydroxylation is 2. The topological polar surface area (TPSA) is 136 Å². The molecule has 0 fully saturated rings. The molecule has 1 aromatic carbocycles. The van der Waals surface area contributed by atoms with E-state index in [1.807, 2.05) is 0 Å². The van der Waals surface area contributed by atoms with Gasteiger partial charge in [0.15, 0.2) is 0 Å². The van der Waals surface area contributed by atoms with Gasteiger partial charge in [0.05, 0.1) is 21.2 Å². The number of anilines is 1. The number of hydrogen-bond donors (Lipinski definition) is 2. The van der Waals surface area contributed by atoms with Crippen LogP contribution in [-0.4, -0.2) is 30.6 Å². The minimum atomic E-state index is -0.666. The molecule has 0 radical (unpaired) electrons. The summed E-state index contributed by atoms with van der Waals surface area (Å²) >= 11 is 6.02. The zero-order valence-corrected chi connectivity index (χ0v) is 15.9. The number of nitrogens with one attached hydrogen (secondary N) is 2. The van der Waals surface area contributed by atoms with Crippen molar-refractivity contribution in [2.24, 2.45) is 0 Å². The number of nitro groups is 1. The first kappa shape index (κ1) is 19.2. The number of hydrogen-bond acceptors (Lipinski definition) is 6. The van der Waals surface area contributed by atoms with E-state index < -0.39 is 10.8 Å². The molecule has 0 spiro atoms. The van der Waals surface area contributed by atoms with E-state index in [0.717, 1.165) is 6.07 Å². The van der Waals surface area contributed by atoms with Gasteiger partial charge in [-0.2, -0.15) is 9.78 Å². The Morgan fingerprint density at radius 3 is 2.64 bits per heavy atom. The van der Waals surface area contributed by atoms with Crippen molar-refractivity contribution in [3.05, 3.63) is 72.3 Å². The average molecular weight is 403 g/mol. The van der Waals surface area contributed by atoms with Crippen molar-refractivity contribution in [2.45, 2.75) is 20.8 Å². The maximum absolute atomic E-state index is 12.6. The van der Waals surface area contributed by atoms with Crippen LogP contribution in [0.25, 0.3) is 5.95 Å². The normalized spacial score (nSPS) is 10.7. The Morgan fingerprint density at radius 2 is 2.00 bits per heavy atom. The third-order valence-electron chi connectivity index (χ3n) is 4.06. The summed E-state index contributed by atoms with van der Waals surface area (Å²) in [5.74, 6) is -0.320. The predicted molar refractivity (Wildman–Crippen MR) is 102 cm³/mol. The average Bonchev–Trinajstić information content (AvgIpc) is 2.99. The number of nitrogens with zero attached hydrogens (tertiary/aromatic N) is 4. The second kappa shape index (κ2) is 7.24. The summed E-state index contributed by atoms with van der Waals surface area (Å²) in [7, 11) is 0. The van der Waals surface area contributed by atoms with Crippen LogP contribution >= 0.6 is 11.6 Å². The van der Waals surface area contributed by atoms with Crippen LogP contribution in [0.15, 0.2) is 29.1 Å². The fraction of sp³-hybridized carbons (Fsp3) is 0.176. The van der Waals surface area contributed by atoms with E-state index in [4.69, 9.17) is 11.6 Å². The Morgan fingerprint density at radius 1 is 1.29 bits per heavy atom. The molecule has 0 saturated heterocycles. The Balaban J connectivity index is 2.01. The van der Waals surface area contributed by atoms with Gasteiger partial charge in [0.2, 0.25) is 5.95 Å². The summed E-state index contributed by atoms with van der Waals surface area (Å²) < 4.78 is 1.27. The molecule has 0 unspecified atom stereocenters. The SMILES string of the molecule is Cc1cc(NC(=O)c2cc([N+](=O)[O-])ccc2Cl)n(-c2nc(C)c(C)c(=O)[nH]2)n1. The van der Waals surface area contributed by atoms with Crippen LogP contribution in [0.5, 0.6) is 0 Å². The van der Waals surface area contributed by atoms with Crippen molar-refractivity contribution in [3.8, 4) is 5.95 Å². The zero-order chi connectivity index (χ0) is 20.6. The highest BCUT2D eigenvalue weighted by Gasteiger charge is 2.19. The number of carbonyl (C=O) groups excluding carboxylic acids is 1. The van der Waals surface area contributed by atoms with Crippen LogP contribution in [0, 0.1) is 30.9 Å². The zero-order valence-electron chi connectivity index (χ0n) is 15.1. The summed E-state index contributed by atoms with van der Waals surface area (Å²) in [6.45, 7) is 5.03. The van der Waals surface area contributed by atoms with Crippen LogP contribution in [0.4, 0.5) is 11.5 Å². The smallest absolute Gasteiger partial charge is 0.270 e. The number of aromatic nitrogens is 4. The molecule has 0 saturated carbocycles. The molecule has 2 heterocycles. The van der Waals surface area contributed by atoms with Crippen LogP contribution < -0.4 is 10.9 Å². The van der Waals surface area contributed by atoms with Crippen LogP contribution in [0.1, 0.15) is 27.3 Å². The van der Waals surface area contributed by atoms with Gasteiger partial charge in [0.1, 0.15) is 5.82 Å². The summed E-state index contributed by atoms with van der Waals surface area (Å²) in [4.78, 5) is 41.9. The van der Waals surface area contributed by atoms with Gasteiger partial charge < -0.3 is 5.32 Å². The van der Waals surface area contributed by atoms with Gasteiger partial charge in [0.25, 0.3) is 17.2 Å². The number of rotatable bonds is 4. The third-order valence-corrected chi connectivity index (χ3v) is 4.39. The molecule has 0 aliphatic carbocycles. The molecule has 2 N–H and O–H groups in total. The third kappa shape index (κ3) is 3.62. The molecule has 3 rings (SSSR count). The monoisotopic (exact) mass is 402 g/mol. The Bertz CT molecular complexity index is 1170. The first-order valence-electron chi connectivity index (χ1n) is 8.07. The molecular formula is C17H15ClN6O4. The highest BCUT2D eigenvalue weighted by Crippen LogP contribution is 2.24. The number of non-ortho nitro benzene ring substituents is 1. The predicted octanol–water partition coefficient (Wildman–Crippen LogP) is 2.69. The molecule has 1 amide bonds. The number of aromatic amines is 1. The molecule has 0 aliphatic heterocycles. The second-order valence-electron chi connectivity index (χ2n) is 6.06. The lowest BCUT2D eigenvalue weighted by Crippen LogP contribution is -2.21. The molecule has 3 aromatic rings. The van der Waals surface area contributed by atoms with Gasteiger partial charge in [-0.1, -0.05) is 11.6 Å². The largest absolute Gasteiger partial charge is 0.306 e. The van der Waals surface area contributed by atoms with E-state index in [-0.39, 0.29) is 33.6 Å². The number of H-pyrrole nitrogens is 1. The van der Waals surface area contributed by atoms with E-state index in [2.05, 4.69) is 20.4 Å². The molecule has 144 valence electrons. The van der Waals surface area contributed by atoms with Crippen LogP contribution in [0.2, 0.25) is 5.02 Å². The number of amides is 1. The Kier molecular flexibility index (Phi) is 4.97. The first-order valence-corrected chi connectivity index (χ1v) is 8.45. The van der Waals surface area contributed by atoms with Gasteiger partial charge in [-0.05, 0) is 26.8 Å². The lowest BCUT2D eigenvalue weighted by molar-refractivity contribution is -0.384. The van der Waals surface area contributed by atoms with Crippen molar-refractivity contribution in [2.75, 3.05) is 5.32 Å². The number of carbonyl (C=O) groups is 1. The van der Waals surface area contributed by atoms with E-state index in [1.165, 1.54) is 16.8 Å². The Hall–Kier alpha value is -3.53. The van der Waals surface area contributed by atoms with Gasteiger partial charge in [-0.3, -0.25) is 24.7 Å². The molecule has 10 nitrogen and oxygen atoms in total. The van der Waals surface area contributed by atoms with Gasteiger partial charge >= 0.3 is 0 Å². The van der Waals surface area contributed by atoms with E-state index in [9.17, 15) is 19.7 Å². The number of halogens is 1. The molecule has 11 heteroatoms. The van der Waals surface area contributed by atoms with Gasteiger partial charge in [0, 0.05) is 29.5 Å². The molecular weight excluding hydrogens is 388 g/mol. The van der Waals surface area contributed by atoms with Crippen LogP contribution in [-0.2, 0) is 0 Å². The second-order valence-corrected chi connectivity index (χ2v) is 6.47. The standard InChI is InChI=1S/C17H15ClN6O4/c1-8-6-14(23(22-8)17-19-10(3)9(2)15(25)21-17)20-16(26)12-7-11(24(27)28)4-5-13(12)18/h4-7H,1-3H3,(H,20,26)(H,19,21,25). The summed E-state index contributed by atoms with van der Waals surface area (Å²) in [5, 5.41) is 17.8. The molecule has 0 aliphatic rings. The van der Waals surface area contributed by atoms with E-state index in [0.29, 0.717) is 17.0 Å². The lowest BCUT2D eigenvalue weighted by atomic mass is 10.2. The van der Waals surface area contributed by atoms with Crippen LogP contribution in [0.3, 0.4) is 0 Å². The van der Waals surface area contributed by atoms with Crippen molar-refractivity contribution >= 4 is 29.0 Å². The summed E-state index contributed by atoms with van der Waals surface area (Å²) in [5.41, 5.74) is 0.894. The van der Waals surface area contributed by atoms with Crippen molar-refractivity contribution in [3.63, 3.8) is 0 Å². The summed E-state index contributed by atoms with van der Waals surface area (Å²) in [6.07, 6.45) is 0. The molecule has 2 aromatic heterocycles. The van der Waals surface area contributed by atoms with Gasteiger partial charge in [-0.15, -0.1) is 0 Å². The number of benzene rings is 1. The molecule has 0 atom stereocenters. The van der Waals surface area contributed by atoms with Crippen molar-refractivity contribution in [1.29, 1.82) is 0 Å². The highest BCUT2D eigenvalue weighted by atomic mass is 35.5. The van der Waals surface area contributed by atoms with E-state index >= 15 is 0 Å². The first-order chi connectivity index (χ1) is 13.2. The fourth-order valence-electron chi connectivity index (χ4n) is 2.47. The van der Waals surface area contributed by atoms with Crippen molar-refractivity contribution < 1.29 is 9.72 Å². The minimum absolute atomic E-state index is 0.0589. The molecule has 28 heavy (non-hydrogen) atoms. The van der Waals surface area contributed by atoms with Crippen molar-refractivity contribution in [1.82, 2.24) is 19.7 Å². The van der Waals surface area contributed by atoms with Gasteiger partial charge in [-0.25, -0.2) is 4.98 Å². The molecule has 0 bridgehead atoms. The van der Waals surface area contributed by atoms with E-state index in [1.54, 1.807) is 26.8 Å². The maximum atomic E-state index is 12.6. The Labute approximate surface area is 163 Å². The maximum Gasteiger partial charge on any atom is 0.270 e. The number of nitro benzene ring substituents is 1. The lowest BCUT2D eigenvalue weighted by Gasteiger charge is -2.10. The highest BCUT2D eigenvalue weighted by molar-refractivity contribution is 6.34. The quantitative estimate of drug-likeness (QED) is 0.508. The summed E-state index contributed by atoms with van der Waals surface area (Å²) in [6, 6.07) is 5.14. The minimum Gasteiger partial charge on any atom is -0.306 e.